The quantitative estimate of drug-likeness (QED) is 0.605. The van der Waals surface area contributed by atoms with Crippen molar-refractivity contribution in [3.8, 4) is 0 Å². The van der Waals surface area contributed by atoms with Crippen molar-refractivity contribution in [3.05, 3.63) is 22.0 Å². The highest BCUT2D eigenvalue weighted by Crippen LogP contribution is 2.24. The lowest BCUT2D eigenvalue weighted by atomic mass is 10.1. The average molecular weight is 227 g/mol. The van der Waals surface area contributed by atoms with Gasteiger partial charge in [-0.3, -0.25) is 19.6 Å². The zero-order valence-electron chi connectivity index (χ0n) is 9.08. The lowest BCUT2D eigenvalue weighted by Gasteiger charge is -1.98. The van der Waals surface area contributed by atoms with Crippen molar-refractivity contribution in [3.63, 3.8) is 0 Å². The third kappa shape index (κ3) is 2.78. The second kappa shape index (κ2) is 4.73. The van der Waals surface area contributed by atoms with Gasteiger partial charge in [-0.05, 0) is 0 Å². The molecule has 0 aliphatic carbocycles. The molecule has 0 atom stereocenters. The summed E-state index contributed by atoms with van der Waals surface area (Å²) in [5.41, 5.74) is 0.329. The van der Waals surface area contributed by atoms with E-state index >= 15 is 0 Å². The number of nitrogens with zero attached hydrogens (tertiary/aromatic N) is 3. The minimum absolute atomic E-state index is 0.0552. The number of rotatable bonds is 5. The average Bonchev–Trinajstić information content (AvgIpc) is 2.58. The van der Waals surface area contributed by atoms with Crippen LogP contribution >= 0.6 is 0 Å². The highest BCUT2D eigenvalue weighted by molar-refractivity contribution is 5.66. The number of aryl methyl sites for hydroxylation is 1. The fraction of sp³-hybridized carbons (Fsp3) is 0.556. The van der Waals surface area contributed by atoms with Gasteiger partial charge in [0.2, 0.25) is 0 Å². The van der Waals surface area contributed by atoms with Gasteiger partial charge in [-0.25, -0.2) is 0 Å². The molecule has 0 aromatic carbocycles. The number of carboxylic acids is 1. The number of aliphatic carboxylic acids is 1. The number of carbonyl (C=O) groups is 1. The van der Waals surface area contributed by atoms with E-state index in [2.05, 4.69) is 5.10 Å². The Morgan fingerprint density at radius 3 is 2.69 bits per heavy atom. The van der Waals surface area contributed by atoms with Gasteiger partial charge >= 0.3 is 11.7 Å². The molecule has 16 heavy (non-hydrogen) atoms. The summed E-state index contributed by atoms with van der Waals surface area (Å²) in [7, 11) is 0. The van der Waals surface area contributed by atoms with Crippen molar-refractivity contribution in [2.24, 2.45) is 0 Å². The molecule has 1 rings (SSSR count). The van der Waals surface area contributed by atoms with E-state index in [4.69, 9.17) is 5.11 Å². The predicted octanol–water partition coefficient (Wildman–Crippen LogP) is 1.39. The molecule has 1 N–H and O–H groups in total. The molecular formula is C9H13N3O4. The van der Waals surface area contributed by atoms with Crippen LogP contribution in [0.15, 0.2) is 6.20 Å². The minimum atomic E-state index is -0.954. The fourth-order valence-corrected chi connectivity index (χ4v) is 1.30. The molecule has 0 unspecified atom stereocenters. The molecule has 0 saturated heterocycles. The minimum Gasteiger partial charge on any atom is -0.481 e. The van der Waals surface area contributed by atoms with Crippen molar-refractivity contribution in [1.82, 2.24) is 9.78 Å². The number of nitro groups is 1. The largest absolute Gasteiger partial charge is 0.481 e. The van der Waals surface area contributed by atoms with Crippen LogP contribution in [-0.4, -0.2) is 25.8 Å². The van der Waals surface area contributed by atoms with Crippen molar-refractivity contribution >= 4 is 11.7 Å². The maximum absolute atomic E-state index is 10.7. The summed E-state index contributed by atoms with van der Waals surface area (Å²) >= 11 is 0. The second-order valence-electron chi connectivity index (χ2n) is 3.72. The van der Waals surface area contributed by atoms with Gasteiger partial charge in [0, 0.05) is 5.92 Å². The normalized spacial score (nSPS) is 10.7. The summed E-state index contributed by atoms with van der Waals surface area (Å²) in [5, 5.41) is 23.2. The van der Waals surface area contributed by atoms with Crippen molar-refractivity contribution in [1.29, 1.82) is 0 Å². The topological polar surface area (TPSA) is 98.3 Å². The highest BCUT2D eigenvalue weighted by atomic mass is 16.6. The molecule has 0 aliphatic heterocycles. The number of hydrogen-bond donors (Lipinski definition) is 1. The highest BCUT2D eigenvalue weighted by Gasteiger charge is 2.21. The predicted molar refractivity (Wildman–Crippen MR) is 55.2 cm³/mol. The summed E-state index contributed by atoms with van der Waals surface area (Å²) in [6, 6.07) is 0. The molecule has 0 spiro atoms. The number of aromatic nitrogens is 2. The third-order valence-electron chi connectivity index (χ3n) is 2.07. The van der Waals surface area contributed by atoms with Gasteiger partial charge in [-0.2, -0.15) is 5.10 Å². The van der Waals surface area contributed by atoms with E-state index in [1.54, 1.807) is 13.8 Å². The Bertz CT molecular complexity index is 411. The summed E-state index contributed by atoms with van der Waals surface area (Å²) < 4.78 is 1.31. The summed E-state index contributed by atoms with van der Waals surface area (Å²) in [4.78, 5) is 20.6. The van der Waals surface area contributed by atoms with Crippen LogP contribution in [0, 0.1) is 10.1 Å². The Balaban J connectivity index is 2.93. The van der Waals surface area contributed by atoms with Crippen molar-refractivity contribution < 1.29 is 14.8 Å². The van der Waals surface area contributed by atoms with E-state index in [1.807, 2.05) is 0 Å². The smallest absolute Gasteiger partial charge is 0.310 e. The van der Waals surface area contributed by atoms with E-state index < -0.39 is 10.9 Å². The Labute approximate surface area is 91.8 Å². The summed E-state index contributed by atoms with van der Waals surface area (Å²) in [5.74, 6) is -1.02. The Hall–Kier alpha value is -1.92. The van der Waals surface area contributed by atoms with Crippen LogP contribution in [0.2, 0.25) is 0 Å². The van der Waals surface area contributed by atoms with Crippen LogP contribution in [0.25, 0.3) is 0 Å². The molecule has 0 radical (unpaired) electrons. The molecule has 0 fully saturated rings. The summed E-state index contributed by atoms with van der Waals surface area (Å²) in [6.07, 6.45) is 1.18. The standard InChI is InChI=1S/C9H13N3O4/c1-6(2)9-7(12(15)16)5-11(10-9)4-3-8(13)14/h5-6H,3-4H2,1-2H3,(H,13,14). The Morgan fingerprint density at radius 2 is 2.31 bits per heavy atom. The van der Waals surface area contributed by atoms with Crippen LogP contribution < -0.4 is 0 Å². The first-order valence-corrected chi connectivity index (χ1v) is 4.85. The van der Waals surface area contributed by atoms with Gasteiger partial charge in [-0.1, -0.05) is 13.8 Å². The van der Waals surface area contributed by atoms with Crippen molar-refractivity contribution in [2.75, 3.05) is 0 Å². The summed E-state index contributed by atoms with van der Waals surface area (Å²) in [6.45, 7) is 3.75. The molecule has 0 aliphatic rings. The van der Waals surface area contributed by atoms with Crippen LogP contribution in [0.3, 0.4) is 0 Å². The fourth-order valence-electron chi connectivity index (χ4n) is 1.30. The number of hydrogen-bond acceptors (Lipinski definition) is 4. The van der Waals surface area contributed by atoms with Gasteiger partial charge in [0.1, 0.15) is 11.9 Å². The molecule has 0 bridgehead atoms. The third-order valence-corrected chi connectivity index (χ3v) is 2.07. The molecule has 7 nitrogen and oxygen atoms in total. The monoisotopic (exact) mass is 227 g/mol. The van der Waals surface area contributed by atoms with E-state index in [0.717, 1.165) is 0 Å². The first-order chi connectivity index (χ1) is 7.41. The lowest BCUT2D eigenvalue weighted by molar-refractivity contribution is -0.385. The number of carboxylic acid groups (broad SMARTS) is 1. The Kier molecular flexibility index (Phi) is 3.60. The molecule has 1 aromatic heterocycles. The van der Waals surface area contributed by atoms with Crippen molar-refractivity contribution in [2.45, 2.75) is 32.7 Å². The van der Waals surface area contributed by atoms with E-state index in [1.165, 1.54) is 10.9 Å². The maximum atomic E-state index is 10.7. The SMILES string of the molecule is CC(C)c1nn(CCC(=O)O)cc1[N+](=O)[O-]. The molecule has 1 aromatic rings. The van der Waals surface area contributed by atoms with E-state index in [-0.39, 0.29) is 24.6 Å². The van der Waals surface area contributed by atoms with Gasteiger partial charge in [-0.15, -0.1) is 0 Å². The van der Waals surface area contributed by atoms with Crippen LogP contribution in [-0.2, 0) is 11.3 Å². The molecule has 0 saturated carbocycles. The molecule has 0 amide bonds. The van der Waals surface area contributed by atoms with E-state index in [0.29, 0.717) is 5.69 Å². The van der Waals surface area contributed by atoms with Gasteiger partial charge < -0.3 is 5.11 Å². The first-order valence-electron chi connectivity index (χ1n) is 4.85. The van der Waals surface area contributed by atoms with Crippen LogP contribution in [0.5, 0.6) is 0 Å². The van der Waals surface area contributed by atoms with Crippen LogP contribution in [0.1, 0.15) is 31.9 Å². The van der Waals surface area contributed by atoms with Gasteiger partial charge in [0.15, 0.2) is 0 Å². The first kappa shape index (κ1) is 12.2. The second-order valence-corrected chi connectivity index (χ2v) is 3.72. The lowest BCUT2D eigenvalue weighted by Crippen LogP contribution is -2.05. The molecule has 88 valence electrons. The maximum Gasteiger partial charge on any atom is 0.310 e. The van der Waals surface area contributed by atoms with Gasteiger partial charge in [0.05, 0.1) is 17.9 Å². The molecule has 1 heterocycles. The Morgan fingerprint density at radius 1 is 1.69 bits per heavy atom. The zero-order chi connectivity index (χ0) is 12.3. The molecular weight excluding hydrogens is 214 g/mol. The van der Waals surface area contributed by atoms with Gasteiger partial charge in [0.25, 0.3) is 0 Å². The molecule has 7 heteroatoms. The van der Waals surface area contributed by atoms with Crippen LogP contribution in [0.4, 0.5) is 5.69 Å². The van der Waals surface area contributed by atoms with E-state index in [9.17, 15) is 14.9 Å². The zero-order valence-corrected chi connectivity index (χ0v) is 9.08.